The molecule has 9 heteroatoms. The zero-order valence-corrected chi connectivity index (χ0v) is 21.2. The van der Waals surface area contributed by atoms with E-state index in [-0.39, 0.29) is 17.5 Å². The van der Waals surface area contributed by atoms with Gasteiger partial charge in [-0.3, -0.25) is 14.9 Å². The molecule has 0 bridgehead atoms. The second-order valence-electron chi connectivity index (χ2n) is 9.43. The van der Waals surface area contributed by atoms with E-state index < -0.39 is 22.4 Å². The molecule has 2 aliphatic rings. The number of anilines is 2. The summed E-state index contributed by atoms with van der Waals surface area (Å²) >= 11 is 0. The van der Waals surface area contributed by atoms with Crippen LogP contribution in [0.1, 0.15) is 49.3 Å². The van der Waals surface area contributed by atoms with Gasteiger partial charge in [0.1, 0.15) is 5.75 Å². The van der Waals surface area contributed by atoms with Gasteiger partial charge in [-0.05, 0) is 60.2 Å². The minimum Gasteiger partial charge on any atom is -0.500 e. The fourth-order valence-electron chi connectivity index (χ4n) is 5.11. The van der Waals surface area contributed by atoms with Gasteiger partial charge in [0.15, 0.2) is 11.5 Å². The number of carbonyl (C=O) groups excluding carboxylic acids is 1. The number of rotatable bonds is 7. The first-order valence-electron chi connectivity index (χ1n) is 12.6. The maximum absolute atomic E-state index is 13.8. The van der Waals surface area contributed by atoms with E-state index in [9.17, 15) is 20.0 Å². The van der Waals surface area contributed by atoms with Crippen molar-refractivity contribution in [2.75, 3.05) is 24.4 Å². The lowest BCUT2D eigenvalue weighted by atomic mass is 9.78. The van der Waals surface area contributed by atoms with Gasteiger partial charge in [-0.2, -0.15) is 0 Å². The number of allylic oxidation sites excluding steroid dienone is 1. The minimum atomic E-state index is -0.687. The first kappa shape index (κ1) is 25.1. The summed E-state index contributed by atoms with van der Waals surface area (Å²) in [5.74, 6) is 0.115. The molecule has 0 fully saturated rings. The van der Waals surface area contributed by atoms with Crippen molar-refractivity contribution < 1.29 is 24.3 Å². The van der Waals surface area contributed by atoms with E-state index in [1.807, 2.05) is 48.5 Å². The lowest BCUT2D eigenvalue weighted by Gasteiger charge is -2.30. The molecule has 3 N–H and O–H groups in total. The van der Waals surface area contributed by atoms with Crippen molar-refractivity contribution in [3.05, 3.63) is 93.2 Å². The van der Waals surface area contributed by atoms with Crippen LogP contribution in [0.25, 0.3) is 0 Å². The maximum atomic E-state index is 13.8. The number of aromatic hydroxyl groups is 1. The number of Topliss-reactive ketones (excluding diaryl/α,β-unsaturated/α-hetero) is 1. The first-order chi connectivity index (χ1) is 18.4. The van der Waals surface area contributed by atoms with Crippen LogP contribution >= 0.6 is 0 Å². The second kappa shape index (κ2) is 10.5. The molecule has 1 aliphatic carbocycles. The Bertz CT molecular complexity index is 1420. The molecule has 3 aromatic carbocycles. The highest BCUT2D eigenvalue weighted by atomic mass is 16.6. The van der Waals surface area contributed by atoms with Gasteiger partial charge in [0, 0.05) is 23.8 Å². The number of hydrogen-bond donors (Lipinski definition) is 3. The molecule has 0 saturated heterocycles. The van der Waals surface area contributed by atoms with E-state index in [1.165, 1.54) is 19.2 Å². The van der Waals surface area contributed by atoms with Gasteiger partial charge < -0.3 is 25.2 Å². The molecular weight excluding hydrogens is 486 g/mol. The summed E-state index contributed by atoms with van der Waals surface area (Å²) in [6.07, 6.45) is 1.80. The van der Waals surface area contributed by atoms with Crippen LogP contribution in [0.15, 0.2) is 71.9 Å². The number of phenolic OH excluding ortho intramolecular Hbond substituents is 1. The normalized spacial score (nSPS) is 18.4. The number of fused-ring (bicyclic) bond motifs is 1. The van der Waals surface area contributed by atoms with Crippen molar-refractivity contribution in [3.63, 3.8) is 0 Å². The fourth-order valence-corrected chi connectivity index (χ4v) is 5.11. The molecule has 0 radical (unpaired) electrons. The standard InChI is InChI=1S/C29H29N3O6/c1-3-12-38-20-10-8-17(9-11-20)18-13-23-27(25(33)15-18)28(31-22-7-5-4-6-21(22)30-23)19-14-24(32(35)36)29(34)26(16-19)37-2/h4-11,14,16,18,28,30-31,34H,3,12-13,15H2,1-2H3. The van der Waals surface area contributed by atoms with Crippen LogP contribution in [0.3, 0.4) is 0 Å². The van der Waals surface area contributed by atoms with Gasteiger partial charge in [0.25, 0.3) is 0 Å². The zero-order valence-electron chi connectivity index (χ0n) is 21.2. The third-order valence-electron chi connectivity index (χ3n) is 6.96. The highest BCUT2D eigenvalue weighted by Crippen LogP contribution is 2.47. The molecule has 1 aliphatic heterocycles. The molecule has 38 heavy (non-hydrogen) atoms. The number of methoxy groups -OCH3 is 1. The average Bonchev–Trinajstić information content (AvgIpc) is 3.09. The molecule has 0 aromatic heterocycles. The van der Waals surface area contributed by atoms with Gasteiger partial charge in [0.05, 0.1) is 36.1 Å². The highest BCUT2D eigenvalue weighted by Gasteiger charge is 2.37. The van der Waals surface area contributed by atoms with Crippen molar-refractivity contribution in [2.45, 2.75) is 38.1 Å². The summed E-state index contributed by atoms with van der Waals surface area (Å²) in [7, 11) is 1.33. The van der Waals surface area contributed by atoms with Gasteiger partial charge in [-0.15, -0.1) is 0 Å². The number of nitro groups is 1. The summed E-state index contributed by atoms with van der Waals surface area (Å²) in [5, 5.41) is 28.9. The minimum absolute atomic E-state index is 0.0323. The number of ether oxygens (including phenoxy) is 2. The topological polar surface area (TPSA) is 123 Å². The van der Waals surface area contributed by atoms with Crippen LogP contribution in [-0.4, -0.2) is 29.5 Å². The third-order valence-corrected chi connectivity index (χ3v) is 6.96. The van der Waals surface area contributed by atoms with E-state index in [2.05, 4.69) is 17.6 Å². The number of carbonyl (C=O) groups is 1. The Morgan fingerprint density at radius 2 is 1.79 bits per heavy atom. The summed E-state index contributed by atoms with van der Waals surface area (Å²) in [6, 6.07) is 17.6. The third kappa shape index (κ3) is 4.74. The number of ketones is 1. The number of benzene rings is 3. The Kier molecular flexibility index (Phi) is 6.91. The lowest BCUT2D eigenvalue weighted by Crippen LogP contribution is -2.27. The molecule has 2 atom stereocenters. The fraction of sp³-hybridized carbons (Fsp3) is 0.276. The lowest BCUT2D eigenvalue weighted by molar-refractivity contribution is -0.386. The Hall–Kier alpha value is -4.53. The van der Waals surface area contributed by atoms with E-state index in [1.54, 1.807) is 0 Å². The van der Waals surface area contributed by atoms with Gasteiger partial charge >= 0.3 is 5.69 Å². The van der Waals surface area contributed by atoms with Gasteiger partial charge in [0.2, 0.25) is 5.75 Å². The average molecular weight is 516 g/mol. The molecule has 196 valence electrons. The Balaban J connectivity index is 1.57. The van der Waals surface area contributed by atoms with Crippen LogP contribution in [0.4, 0.5) is 17.1 Å². The number of phenols is 1. The smallest absolute Gasteiger partial charge is 0.315 e. The number of nitrogens with zero attached hydrogens (tertiary/aromatic N) is 1. The van der Waals surface area contributed by atoms with Crippen molar-refractivity contribution in [2.24, 2.45) is 0 Å². The molecule has 3 aromatic rings. The van der Waals surface area contributed by atoms with Crippen LogP contribution in [-0.2, 0) is 4.79 Å². The van der Waals surface area contributed by atoms with Crippen LogP contribution < -0.4 is 20.1 Å². The summed E-state index contributed by atoms with van der Waals surface area (Å²) in [5.41, 5.74) is 3.83. The molecule has 5 rings (SSSR count). The molecule has 0 amide bonds. The van der Waals surface area contributed by atoms with Gasteiger partial charge in [-0.25, -0.2) is 0 Å². The first-order valence-corrected chi connectivity index (χ1v) is 12.6. The molecule has 2 unspecified atom stereocenters. The quantitative estimate of drug-likeness (QED) is 0.256. The Morgan fingerprint density at radius 1 is 1.05 bits per heavy atom. The summed E-state index contributed by atoms with van der Waals surface area (Å²) in [4.78, 5) is 24.8. The van der Waals surface area contributed by atoms with Crippen molar-refractivity contribution in [3.8, 4) is 17.2 Å². The van der Waals surface area contributed by atoms with Crippen LogP contribution in [0, 0.1) is 10.1 Å². The van der Waals surface area contributed by atoms with Crippen molar-refractivity contribution in [1.82, 2.24) is 0 Å². The van der Waals surface area contributed by atoms with Crippen molar-refractivity contribution in [1.29, 1.82) is 0 Å². The number of nitro benzene ring substituents is 1. The monoisotopic (exact) mass is 515 g/mol. The Labute approximate surface area is 220 Å². The highest BCUT2D eigenvalue weighted by molar-refractivity contribution is 6.01. The molecular formula is C29H29N3O6. The molecule has 1 heterocycles. The SMILES string of the molecule is CCCOc1ccc(C2CC(=O)C3=C(C2)Nc2ccccc2NC3c2cc(OC)c(O)c([N+](=O)[O-])c2)cc1. The van der Waals surface area contributed by atoms with E-state index in [0.29, 0.717) is 30.6 Å². The largest absolute Gasteiger partial charge is 0.500 e. The van der Waals surface area contributed by atoms with E-state index in [0.717, 1.165) is 34.8 Å². The summed E-state index contributed by atoms with van der Waals surface area (Å²) in [6.45, 7) is 2.70. The molecule has 0 spiro atoms. The maximum Gasteiger partial charge on any atom is 0.315 e. The second-order valence-corrected chi connectivity index (χ2v) is 9.43. The summed E-state index contributed by atoms with van der Waals surface area (Å²) < 4.78 is 10.9. The molecule has 9 nitrogen and oxygen atoms in total. The zero-order chi connectivity index (χ0) is 26.8. The Morgan fingerprint density at radius 3 is 2.47 bits per heavy atom. The van der Waals surface area contributed by atoms with Gasteiger partial charge in [-0.1, -0.05) is 31.2 Å². The number of para-hydroxylation sites is 2. The van der Waals surface area contributed by atoms with E-state index in [4.69, 9.17) is 9.47 Å². The predicted molar refractivity (Wildman–Crippen MR) is 144 cm³/mol. The van der Waals surface area contributed by atoms with E-state index >= 15 is 0 Å². The molecule has 0 saturated carbocycles. The van der Waals surface area contributed by atoms with Crippen LogP contribution in [0.2, 0.25) is 0 Å². The number of nitrogens with one attached hydrogen (secondary N) is 2. The number of hydrogen-bond acceptors (Lipinski definition) is 8. The van der Waals surface area contributed by atoms with Crippen LogP contribution in [0.5, 0.6) is 17.2 Å². The predicted octanol–water partition coefficient (Wildman–Crippen LogP) is 6.08. The van der Waals surface area contributed by atoms with Crippen molar-refractivity contribution >= 4 is 22.8 Å².